The van der Waals surface area contributed by atoms with Crippen LogP contribution in [0.1, 0.15) is 20.7 Å². The summed E-state index contributed by atoms with van der Waals surface area (Å²) in [4.78, 5) is 21.9. The molecule has 0 aromatic heterocycles. The van der Waals surface area contributed by atoms with Gasteiger partial charge < -0.3 is 14.0 Å². The second-order valence-corrected chi connectivity index (χ2v) is 4.16. The van der Waals surface area contributed by atoms with E-state index >= 15 is 0 Å². The highest BCUT2D eigenvalue weighted by molar-refractivity contribution is 7.81. The Labute approximate surface area is 120 Å². The first kappa shape index (κ1) is 18.4. The molecule has 0 bridgehead atoms. The van der Waals surface area contributed by atoms with Gasteiger partial charge in [0.15, 0.2) is 0 Å². The number of carbonyl (C=O) groups excluding carboxylic acids is 1. The first-order valence-electron chi connectivity index (χ1n) is 5.13. The Bertz CT molecular complexity index is 632. The molecule has 0 saturated heterocycles. The molecule has 8 nitrogen and oxygen atoms in total. The van der Waals surface area contributed by atoms with Crippen molar-refractivity contribution in [3.8, 4) is 0 Å². The van der Waals surface area contributed by atoms with E-state index in [1.54, 1.807) is 6.07 Å². The molecule has 9 heteroatoms. The van der Waals surface area contributed by atoms with Crippen molar-refractivity contribution in [1.29, 1.82) is 0 Å². The minimum atomic E-state index is -4.29. The molecule has 0 heterocycles. The maximum Gasteiger partial charge on any atom is 0.445 e. The van der Waals surface area contributed by atoms with Gasteiger partial charge in [0.25, 0.3) is 0 Å². The van der Waals surface area contributed by atoms with Gasteiger partial charge in [0.05, 0.1) is 17.4 Å². The van der Waals surface area contributed by atoms with Crippen LogP contribution < -0.4 is 0 Å². The van der Waals surface area contributed by atoms with Gasteiger partial charge in [-0.15, -0.1) is 0 Å². The average molecular weight is 316 g/mol. The fourth-order valence-corrected chi connectivity index (χ4v) is 1.24. The van der Waals surface area contributed by atoms with E-state index in [-0.39, 0.29) is 11.1 Å². The van der Waals surface area contributed by atoms with Gasteiger partial charge in [-0.05, 0) is 12.1 Å². The van der Waals surface area contributed by atoms with Gasteiger partial charge in [0.2, 0.25) is 0 Å². The van der Waals surface area contributed by atoms with E-state index in [0.29, 0.717) is 6.26 Å². The largest absolute Gasteiger partial charge is 0.478 e. The minimum Gasteiger partial charge on any atom is -0.478 e. The molecular formula is C12H12O8S. The summed E-state index contributed by atoms with van der Waals surface area (Å²) < 4.78 is 34.7. The van der Waals surface area contributed by atoms with E-state index in [1.807, 2.05) is 0 Å². The molecule has 1 aromatic carbocycles. The van der Waals surface area contributed by atoms with E-state index in [9.17, 15) is 18.0 Å². The fourth-order valence-electron chi connectivity index (χ4n) is 1.07. The number of rotatable bonds is 5. The van der Waals surface area contributed by atoms with Crippen molar-refractivity contribution < 1.29 is 36.6 Å². The lowest BCUT2D eigenvalue weighted by molar-refractivity contribution is 0.0632. The predicted molar refractivity (Wildman–Crippen MR) is 71.8 cm³/mol. The van der Waals surface area contributed by atoms with Crippen LogP contribution in [0.5, 0.6) is 0 Å². The Hall–Kier alpha value is -2.65. The number of benzene rings is 1. The molecule has 1 rings (SSSR count). The van der Waals surface area contributed by atoms with E-state index in [1.165, 1.54) is 18.2 Å². The summed E-state index contributed by atoms with van der Waals surface area (Å²) in [6.07, 6.45) is 1.58. The standard InChI is InChI=1S/C10H8O4.C2H4O4S/c1-2-14-10(13)8-6-4-3-5-7(8)9(11)12;1-2-6-7(3,4)5/h2-6H,1H2,(H,11,12);2H,1H2,(H,3,4,5). The van der Waals surface area contributed by atoms with E-state index in [4.69, 9.17) is 9.66 Å². The summed E-state index contributed by atoms with van der Waals surface area (Å²) in [5, 5.41) is 8.75. The maximum atomic E-state index is 11.2. The van der Waals surface area contributed by atoms with Crippen LogP contribution in [-0.4, -0.2) is 30.0 Å². The number of carboxylic acids is 1. The Kier molecular flexibility index (Phi) is 7.43. The molecule has 114 valence electrons. The van der Waals surface area contributed by atoms with Crippen molar-refractivity contribution in [3.63, 3.8) is 0 Å². The average Bonchev–Trinajstić information content (AvgIpc) is 2.38. The third kappa shape index (κ3) is 7.50. The lowest BCUT2D eigenvalue weighted by Gasteiger charge is -2.02. The Morgan fingerprint density at radius 3 is 1.95 bits per heavy atom. The van der Waals surface area contributed by atoms with Crippen LogP contribution in [0.15, 0.2) is 49.9 Å². The molecule has 0 aliphatic heterocycles. The minimum absolute atomic E-state index is 0.0138. The van der Waals surface area contributed by atoms with Crippen LogP contribution in [0, 0.1) is 0 Å². The molecule has 0 aliphatic carbocycles. The Morgan fingerprint density at radius 2 is 1.62 bits per heavy atom. The van der Waals surface area contributed by atoms with Crippen LogP contribution in [0.4, 0.5) is 0 Å². The number of carboxylic acid groups (broad SMARTS) is 1. The molecule has 0 fully saturated rings. The molecule has 2 N–H and O–H groups in total. The molecule has 0 radical (unpaired) electrons. The SMILES string of the molecule is C=COC(=O)c1ccccc1C(=O)O.C=COS(=O)(=O)O. The fraction of sp³-hybridized carbons (Fsp3) is 0. The Balaban J connectivity index is 0.000000486. The zero-order valence-electron chi connectivity index (χ0n) is 10.6. The third-order valence-corrected chi connectivity index (χ3v) is 2.14. The van der Waals surface area contributed by atoms with Crippen LogP contribution in [0.2, 0.25) is 0 Å². The van der Waals surface area contributed by atoms with Gasteiger partial charge in [-0.1, -0.05) is 25.3 Å². The van der Waals surface area contributed by atoms with Crippen molar-refractivity contribution in [1.82, 2.24) is 0 Å². The highest BCUT2D eigenvalue weighted by Crippen LogP contribution is 2.10. The van der Waals surface area contributed by atoms with Crippen molar-refractivity contribution in [2.45, 2.75) is 0 Å². The summed E-state index contributed by atoms with van der Waals surface area (Å²) in [6.45, 7) is 6.09. The number of hydrogen-bond acceptors (Lipinski definition) is 6. The van der Waals surface area contributed by atoms with Crippen molar-refractivity contribution in [2.75, 3.05) is 0 Å². The van der Waals surface area contributed by atoms with Gasteiger partial charge in [-0.3, -0.25) is 4.55 Å². The molecule has 0 unspecified atom stereocenters. The molecule has 21 heavy (non-hydrogen) atoms. The van der Waals surface area contributed by atoms with Gasteiger partial charge >= 0.3 is 22.3 Å². The number of esters is 1. The Morgan fingerprint density at radius 1 is 1.10 bits per heavy atom. The zero-order chi connectivity index (χ0) is 16.5. The molecule has 1 aromatic rings. The first-order chi connectivity index (χ1) is 9.72. The van der Waals surface area contributed by atoms with Crippen molar-refractivity contribution in [3.05, 3.63) is 61.1 Å². The zero-order valence-corrected chi connectivity index (χ0v) is 11.4. The molecule has 0 atom stereocenters. The predicted octanol–water partition coefficient (Wildman–Crippen LogP) is 1.63. The van der Waals surface area contributed by atoms with E-state index in [2.05, 4.69) is 22.1 Å². The van der Waals surface area contributed by atoms with E-state index in [0.717, 1.165) is 6.26 Å². The highest BCUT2D eigenvalue weighted by Gasteiger charge is 2.15. The maximum absolute atomic E-state index is 11.2. The lowest BCUT2D eigenvalue weighted by Crippen LogP contribution is -2.09. The highest BCUT2D eigenvalue weighted by atomic mass is 32.3. The van der Waals surface area contributed by atoms with E-state index < -0.39 is 22.3 Å². The van der Waals surface area contributed by atoms with Gasteiger partial charge in [-0.25, -0.2) is 9.59 Å². The molecule has 0 spiro atoms. The topological polar surface area (TPSA) is 127 Å². The van der Waals surface area contributed by atoms with Crippen LogP contribution in [0.25, 0.3) is 0 Å². The van der Waals surface area contributed by atoms with Crippen LogP contribution in [0.3, 0.4) is 0 Å². The van der Waals surface area contributed by atoms with Gasteiger partial charge in [-0.2, -0.15) is 8.42 Å². The second-order valence-electron chi connectivity index (χ2n) is 3.11. The van der Waals surface area contributed by atoms with Crippen LogP contribution >= 0.6 is 0 Å². The second kappa shape index (κ2) is 8.51. The summed E-state index contributed by atoms with van der Waals surface area (Å²) in [5.41, 5.74) is -0.0701. The number of ether oxygens (including phenoxy) is 1. The number of hydrogen-bond donors (Lipinski definition) is 2. The molecule has 0 saturated carbocycles. The quantitative estimate of drug-likeness (QED) is 0.476. The number of aromatic carboxylic acids is 1. The lowest BCUT2D eigenvalue weighted by atomic mass is 10.1. The molecule has 0 aliphatic rings. The summed E-state index contributed by atoms with van der Waals surface area (Å²) >= 11 is 0. The number of carbonyl (C=O) groups is 2. The smallest absolute Gasteiger partial charge is 0.445 e. The first-order valence-corrected chi connectivity index (χ1v) is 6.50. The van der Waals surface area contributed by atoms with Gasteiger partial charge in [0, 0.05) is 0 Å². The van der Waals surface area contributed by atoms with Crippen molar-refractivity contribution >= 4 is 22.3 Å². The summed E-state index contributed by atoms with van der Waals surface area (Å²) in [7, 11) is -4.29. The monoisotopic (exact) mass is 316 g/mol. The molecule has 0 amide bonds. The van der Waals surface area contributed by atoms with Crippen LogP contribution in [-0.2, 0) is 19.3 Å². The van der Waals surface area contributed by atoms with Crippen molar-refractivity contribution in [2.24, 2.45) is 0 Å². The third-order valence-electron chi connectivity index (χ3n) is 1.76. The summed E-state index contributed by atoms with van der Waals surface area (Å²) in [6, 6.07) is 5.82. The molecular weight excluding hydrogens is 304 g/mol. The summed E-state index contributed by atoms with van der Waals surface area (Å²) in [5.74, 6) is -1.89. The normalized spacial score (nSPS) is 9.57. The van der Waals surface area contributed by atoms with Gasteiger partial charge in [0.1, 0.15) is 6.26 Å².